The Morgan fingerprint density at radius 3 is 2.93 bits per heavy atom. The third-order valence-electron chi connectivity index (χ3n) is 3.93. The lowest BCUT2D eigenvalue weighted by molar-refractivity contribution is 0.0949. The molecule has 136 valence electrons. The van der Waals surface area contributed by atoms with Crippen molar-refractivity contribution in [2.24, 2.45) is 0 Å². The van der Waals surface area contributed by atoms with Gasteiger partial charge in [0.05, 0.1) is 18.3 Å². The first kappa shape index (κ1) is 16.6. The first-order chi connectivity index (χ1) is 13.2. The van der Waals surface area contributed by atoms with Crippen LogP contribution in [-0.2, 0) is 13.1 Å². The summed E-state index contributed by atoms with van der Waals surface area (Å²) in [4.78, 5) is 33.3. The zero-order valence-corrected chi connectivity index (χ0v) is 14.4. The highest BCUT2D eigenvalue weighted by Gasteiger charge is 2.13. The van der Waals surface area contributed by atoms with Crippen LogP contribution in [-0.4, -0.2) is 45.6 Å². The zero-order chi connectivity index (χ0) is 18.8. The maximum atomic E-state index is 12.4. The Balaban J connectivity index is 1.47. The van der Waals surface area contributed by atoms with Gasteiger partial charge in [-0.05, 0) is 13.0 Å². The summed E-state index contributed by atoms with van der Waals surface area (Å²) in [5.74, 6) is 0.982. The van der Waals surface area contributed by atoms with E-state index in [-0.39, 0.29) is 12.5 Å². The molecule has 4 aromatic rings. The molecule has 0 aliphatic rings. The van der Waals surface area contributed by atoms with Gasteiger partial charge in [0, 0.05) is 25.1 Å². The first-order valence-corrected chi connectivity index (χ1v) is 8.23. The quantitative estimate of drug-likeness (QED) is 0.464. The summed E-state index contributed by atoms with van der Waals surface area (Å²) in [5.41, 5.74) is 8.01. The molecule has 0 aromatic carbocycles. The summed E-state index contributed by atoms with van der Waals surface area (Å²) in [6.45, 7) is 2.78. The molecule has 0 saturated heterocycles. The van der Waals surface area contributed by atoms with Gasteiger partial charge >= 0.3 is 0 Å². The molecule has 0 aliphatic carbocycles. The van der Waals surface area contributed by atoms with Crippen molar-refractivity contribution >= 4 is 23.0 Å². The molecule has 11 heteroatoms. The number of hydrogen-bond donors (Lipinski definition) is 3. The SMILES string of the molecule is CCn1c(N)nc2cc(C(=O)NCc3nc(-c4cnccn4)n[nH]3)cnc21. The number of nitrogens with one attached hydrogen (secondary N) is 2. The van der Waals surface area contributed by atoms with Gasteiger partial charge in [0.2, 0.25) is 11.8 Å². The highest BCUT2D eigenvalue weighted by Crippen LogP contribution is 2.16. The molecule has 0 fully saturated rings. The summed E-state index contributed by atoms with van der Waals surface area (Å²) >= 11 is 0. The molecule has 4 aromatic heterocycles. The van der Waals surface area contributed by atoms with Gasteiger partial charge in [-0.25, -0.2) is 19.9 Å². The van der Waals surface area contributed by atoms with Gasteiger partial charge in [-0.15, -0.1) is 0 Å². The number of hydrogen-bond acceptors (Lipinski definition) is 8. The number of aryl methyl sites for hydroxylation is 1. The Labute approximate surface area is 153 Å². The molecule has 0 unspecified atom stereocenters. The van der Waals surface area contributed by atoms with Crippen molar-refractivity contribution in [3.05, 3.63) is 42.2 Å². The lowest BCUT2D eigenvalue weighted by atomic mass is 10.2. The molecule has 0 saturated carbocycles. The molecule has 4 heterocycles. The van der Waals surface area contributed by atoms with E-state index >= 15 is 0 Å². The largest absolute Gasteiger partial charge is 0.369 e. The molecule has 0 atom stereocenters. The summed E-state index contributed by atoms with van der Waals surface area (Å²) in [7, 11) is 0. The van der Waals surface area contributed by atoms with Gasteiger partial charge < -0.3 is 11.1 Å². The number of rotatable bonds is 5. The van der Waals surface area contributed by atoms with E-state index in [4.69, 9.17) is 5.73 Å². The van der Waals surface area contributed by atoms with Crippen LogP contribution in [0.1, 0.15) is 23.1 Å². The number of amides is 1. The number of carbonyl (C=O) groups excluding carboxylic acids is 1. The van der Waals surface area contributed by atoms with E-state index in [0.717, 1.165) is 0 Å². The molecule has 4 N–H and O–H groups in total. The van der Waals surface area contributed by atoms with Crippen molar-refractivity contribution in [3.63, 3.8) is 0 Å². The maximum Gasteiger partial charge on any atom is 0.253 e. The maximum absolute atomic E-state index is 12.4. The van der Waals surface area contributed by atoms with Crippen LogP contribution in [0.25, 0.3) is 22.7 Å². The molecule has 0 bridgehead atoms. The van der Waals surface area contributed by atoms with Crippen molar-refractivity contribution in [1.29, 1.82) is 0 Å². The fourth-order valence-electron chi connectivity index (χ4n) is 2.63. The van der Waals surface area contributed by atoms with Crippen LogP contribution in [0, 0.1) is 0 Å². The lowest BCUT2D eigenvalue weighted by Gasteiger charge is -2.03. The standard InChI is InChI=1S/C16H16N10O/c1-2-26-14-10(22-16(26)17)5-9(6-20-14)15(27)21-8-12-23-13(25-24-12)11-7-18-3-4-19-11/h3-7H,2,8H2,1H3,(H2,17,22)(H,21,27)(H,23,24,25). The number of nitrogens with two attached hydrogens (primary N) is 1. The van der Waals surface area contributed by atoms with E-state index in [1.54, 1.807) is 29.2 Å². The van der Waals surface area contributed by atoms with Crippen molar-refractivity contribution in [3.8, 4) is 11.5 Å². The fourth-order valence-corrected chi connectivity index (χ4v) is 2.63. The predicted octanol–water partition coefficient (Wildman–Crippen LogP) is 0.538. The minimum absolute atomic E-state index is 0.176. The third kappa shape index (κ3) is 3.17. The van der Waals surface area contributed by atoms with Gasteiger partial charge in [-0.1, -0.05) is 0 Å². The average molecular weight is 364 g/mol. The van der Waals surface area contributed by atoms with Crippen molar-refractivity contribution in [2.75, 3.05) is 5.73 Å². The molecule has 1 amide bonds. The van der Waals surface area contributed by atoms with Crippen LogP contribution in [0.15, 0.2) is 30.9 Å². The molecular formula is C16H16N10O. The molecule has 0 radical (unpaired) electrons. The Bertz CT molecular complexity index is 1100. The molecular weight excluding hydrogens is 348 g/mol. The average Bonchev–Trinajstić information content (AvgIpc) is 3.29. The Kier molecular flexibility index (Phi) is 4.16. The van der Waals surface area contributed by atoms with Crippen LogP contribution >= 0.6 is 0 Å². The number of carbonyl (C=O) groups is 1. The summed E-state index contributed by atoms with van der Waals surface area (Å²) in [6.07, 6.45) is 6.19. The topological polar surface area (TPSA) is 153 Å². The molecule has 4 rings (SSSR count). The van der Waals surface area contributed by atoms with Crippen molar-refractivity contribution in [2.45, 2.75) is 20.0 Å². The molecule has 11 nitrogen and oxygen atoms in total. The van der Waals surface area contributed by atoms with Gasteiger partial charge in [-0.3, -0.25) is 19.4 Å². The highest BCUT2D eigenvalue weighted by atomic mass is 16.1. The van der Waals surface area contributed by atoms with E-state index < -0.39 is 0 Å². The number of pyridine rings is 1. The monoisotopic (exact) mass is 364 g/mol. The second-order valence-electron chi connectivity index (χ2n) is 5.66. The zero-order valence-electron chi connectivity index (χ0n) is 14.4. The van der Waals surface area contributed by atoms with Gasteiger partial charge in [-0.2, -0.15) is 5.10 Å². The van der Waals surface area contributed by atoms with E-state index in [9.17, 15) is 4.79 Å². The second-order valence-corrected chi connectivity index (χ2v) is 5.66. The van der Waals surface area contributed by atoms with Gasteiger partial charge in [0.1, 0.15) is 17.0 Å². The van der Waals surface area contributed by atoms with Crippen LogP contribution in [0.3, 0.4) is 0 Å². The van der Waals surface area contributed by atoms with E-state index in [1.807, 2.05) is 6.92 Å². The number of H-pyrrole nitrogens is 1. The van der Waals surface area contributed by atoms with Crippen LogP contribution in [0.4, 0.5) is 5.95 Å². The summed E-state index contributed by atoms with van der Waals surface area (Å²) in [5, 5.41) is 9.60. The Morgan fingerprint density at radius 1 is 1.26 bits per heavy atom. The molecule has 0 spiro atoms. The van der Waals surface area contributed by atoms with E-state index in [0.29, 0.717) is 46.6 Å². The summed E-state index contributed by atoms with van der Waals surface area (Å²) < 4.78 is 1.78. The van der Waals surface area contributed by atoms with E-state index in [1.165, 1.54) is 6.20 Å². The normalized spacial score (nSPS) is 11.0. The van der Waals surface area contributed by atoms with Crippen LogP contribution in [0.2, 0.25) is 0 Å². The number of imidazole rings is 1. The smallest absolute Gasteiger partial charge is 0.253 e. The molecule has 0 aliphatic heterocycles. The lowest BCUT2D eigenvalue weighted by Crippen LogP contribution is -2.23. The number of aromatic amines is 1. The van der Waals surface area contributed by atoms with Gasteiger partial charge in [0.25, 0.3) is 5.91 Å². The van der Waals surface area contributed by atoms with Crippen LogP contribution in [0.5, 0.6) is 0 Å². The number of nitrogens with zero attached hydrogens (tertiary/aromatic N) is 7. The Morgan fingerprint density at radius 2 is 2.15 bits per heavy atom. The van der Waals surface area contributed by atoms with Crippen molar-refractivity contribution in [1.82, 2.24) is 45.0 Å². The minimum atomic E-state index is -0.300. The number of nitrogen functional groups attached to an aromatic ring is 1. The second kappa shape index (κ2) is 6.78. The predicted molar refractivity (Wildman–Crippen MR) is 96.2 cm³/mol. The number of anilines is 1. The fraction of sp³-hybridized carbons (Fsp3) is 0.188. The van der Waals surface area contributed by atoms with E-state index in [2.05, 4.69) is 40.4 Å². The summed E-state index contributed by atoms with van der Waals surface area (Å²) in [6, 6.07) is 1.66. The molecule has 27 heavy (non-hydrogen) atoms. The third-order valence-corrected chi connectivity index (χ3v) is 3.93. The highest BCUT2D eigenvalue weighted by molar-refractivity contribution is 5.96. The van der Waals surface area contributed by atoms with Crippen molar-refractivity contribution < 1.29 is 4.79 Å². The van der Waals surface area contributed by atoms with Crippen LogP contribution < -0.4 is 11.1 Å². The Hall–Kier alpha value is -3.89. The number of fused-ring (bicyclic) bond motifs is 1. The minimum Gasteiger partial charge on any atom is -0.369 e. The van der Waals surface area contributed by atoms with Gasteiger partial charge in [0.15, 0.2) is 5.65 Å². The first-order valence-electron chi connectivity index (χ1n) is 8.23. The number of aromatic nitrogens is 8.